The summed E-state index contributed by atoms with van der Waals surface area (Å²) in [5.41, 5.74) is 1.09. The molecule has 2 aromatic heterocycles. The second kappa shape index (κ2) is 10.3. The van der Waals surface area contributed by atoms with Gasteiger partial charge in [-0.2, -0.15) is 0 Å². The Morgan fingerprint density at radius 2 is 2.10 bits per heavy atom. The van der Waals surface area contributed by atoms with Gasteiger partial charge < -0.3 is 10.1 Å². The Hall–Kier alpha value is -3.10. The van der Waals surface area contributed by atoms with Gasteiger partial charge in [-0.15, -0.1) is 21.5 Å². The SMILES string of the molecule is CCOC(=O)Nc1nnc(SC(C)C(=O)Nc2nc(-c3cccc([N+](=O)[O-])c3)cs2)s1. The number of non-ortho nitro benzene ring substituents is 1. The summed E-state index contributed by atoms with van der Waals surface area (Å²) in [5, 5.41) is 25.7. The second-order valence-electron chi connectivity index (χ2n) is 5.81. The Morgan fingerprint density at radius 1 is 1.29 bits per heavy atom. The van der Waals surface area contributed by atoms with Crippen molar-refractivity contribution in [3.8, 4) is 11.3 Å². The summed E-state index contributed by atoms with van der Waals surface area (Å²) in [6, 6.07) is 6.12. The molecule has 0 radical (unpaired) electrons. The van der Waals surface area contributed by atoms with Gasteiger partial charge >= 0.3 is 6.09 Å². The lowest BCUT2D eigenvalue weighted by Crippen LogP contribution is -2.22. The van der Waals surface area contributed by atoms with Crippen LogP contribution in [0.15, 0.2) is 34.0 Å². The maximum atomic E-state index is 12.5. The number of thiazole rings is 1. The number of ether oxygens (including phenoxy) is 1. The van der Waals surface area contributed by atoms with E-state index in [1.165, 1.54) is 35.2 Å². The van der Waals surface area contributed by atoms with Crippen molar-refractivity contribution in [2.24, 2.45) is 0 Å². The van der Waals surface area contributed by atoms with Crippen LogP contribution in [0.25, 0.3) is 11.3 Å². The summed E-state index contributed by atoms with van der Waals surface area (Å²) in [7, 11) is 0. The van der Waals surface area contributed by atoms with E-state index in [-0.39, 0.29) is 23.3 Å². The van der Waals surface area contributed by atoms with Crippen molar-refractivity contribution in [1.29, 1.82) is 0 Å². The molecule has 2 N–H and O–H groups in total. The Morgan fingerprint density at radius 3 is 2.84 bits per heavy atom. The molecule has 2 heterocycles. The third kappa shape index (κ3) is 6.19. The molecule has 162 valence electrons. The van der Waals surface area contributed by atoms with Crippen LogP contribution in [0.3, 0.4) is 0 Å². The Kier molecular flexibility index (Phi) is 7.49. The number of thioether (sulfide) groups is 1. The normalized spacial score (nSPS) is 11.5. The number of hydrogen-bond donors (Lipinski definition) is 2. The fraction of sp³-hybridized carbons (Fsp3) is 0.235. The molecule has 0 saturated heterocycles. The van der Waals surface area contributed by atoms with Gasteiger partial charge in [-0.1, -0.05) is 35.2 Å². The standard InChI is InChI=1S/C17H16N6O5S3/c1-3-28-16(25)20-15-21-22-17(31-15)30-9(2)13(24)19-14-18-12(8-29-14)10-5-4-6-11(7-10)23(26)27/h4-9H,3H2,1-2H3,(H,18,19,24)(H,20,21,25). The summed E-state index contributed by atoms with van der Waals surface area (Å²) in [6.07, 6.45) is -0.621. The van der Waals surface area contributed by atoms with Crippen molar-refractivity contribution >= 4 is 62.4 Å². The first kappa shape index (κ1) is 22.6. The van der Waals surface area contributed by atoms with Crippen molar-refractivity contribution in [1.82, 2.24) is 15.2 Å². The molecule has 1 unspecified atom stereocenters. The quantitative estimate of drug-likeness (QED) is 0.209. The first-order valence-corrected chi connectivity index (χ1v) is 11.4. The lowest BCUT2D eigenvalue weighted by atomic mass is 10.1. The van der Waals surface area contributed by atoms with Crippen molar-refractivity contribution in [3.05, 3.63) is 39.8 Å². The molecule has 0 saturated carbocycles. The molecular formula is C17H16N6O5S3. The van der Waals surface area contributed by atoms with E-state index in [0.29, 0.717) is 20.7 Å². The van der Waals surface area contributed by atoms with E-state index >= 15 is 0 Å². The number of amides is 2. The maximum absolute atomic E-state index is 12.5. The minimum Gasteiger partial charge on any atom is -0.450 e. The predicted octanol–water partition coefficient (Wildman–Crippen LogP) is 4.26. The molecule has 0 spiro atoms. The predicted molar refractivity (Wildman–Crippen MR) is 119 cm³/mol. The summed E-state index contributed by atoms with van der Waals surface area (Å²) >= 11 is 3.53. The molecule has 0 fully saturated rings. The number of aromatic nitrogens is 3. The molecule has 1 aromatic carbocycles. The lowest BCUT2D eigenvalue weighted by Gasteiger charge is -2.07. The molecule has 0 aliphatic carbocycles. The molecule has 2 amide bonds. The Bertz CT molecular complexity index is 1100. The summed E-state index contributed by atoms with van der Waals surface area (Å²) < 4.78 is 5.28. The highest BCUT2D eigenvalue weighted by Crippen LogP contribution is 2.31. The van der Waals surface area contributed by atoms with E-state index in [0.717, 1.165) is 11.3 Å². The van der Waals surface area contributed by atoms with Crippen LogP contribution in [0.4, 0.5) is 20.7 Å². The van der Waals surface area contributed by atoms with Crippen LogP contribution in [0.2, 0.25) is 0 Å². The molecule has 14 heteroatoms. The summed E-state index contributed by atoms with van der Waals surface area (Å²) in [4.78, 5) is 38.7. The summed E-state index contributed by atoms with van der Waals surface area (Å²) in [5.74, 6) is -0.292. The van der Waals surface area contributed by atoms with Gasteiger partial charge in [0, 0.05) is 23.1 Å². The minimum absolute atomic E-state index is 0.0324. The van der Waals surface area contributed by atoms with Gasteiger partial charge in [-0.3, -0.25) is 20.2 Å². The number of nitrogens with zero attached hydrogens (tertiary/aromatic N) is 4. The van der Waals surface area contributed by atoms with Crippen LogP contribution < -0.4 is 10.6 Å². The molecule has 3 aromatic rings. The van der Waals surface area contributed by atoms with Crippen LogP contribution in [0.1, 0.15) is 13.8 Å². The topological polar surface area (TPSA) is 149 Å². The van der Waals surface area contributed by atoms with Gasteiger partial charge in [-0.25, -0.2) is 9.78 Å². The lowest BCUT2D eigenvalue weighted by molar-refractivity contribution is -0.384. The molecule has 11 nitrogen and oxygen atoms in total. The van der Waals surface area contributed by atoms with Gasteiger partial charge in [0.15, 0.2) is 9.47 Å². The third-order valence-corrected chi connectivity index (χ3v) is 6.41. The fourth-order valence-corrected chi connectivity index (χ4v) is 4.82. The van der Waals surface area contributed by atoms with Crippen LogP contribution in [0, 0.1) is 10.1 Å². The van der Waals surface area contributed by atoms with Gasteiger partial charge in [0.05, 0.1) is 22.5 Å². The van der Waals surface area contributed by atoms with E-state index in [9.17, 15) is 19.7 Å². The highest BCUT2D eigenvalue weighted by Gasteiger charge is 2.19. The first-order chi connectivity index (χ1) is 14.9. The smallest absolute Gasteiger partial charge is 0.413 e. The molecule has 1 atom stereocenters. The highest BCUT2D eigenvalue weighted by atomic mass is 32.2. The molecule has 0 aliphatic heterocycles. The van der Waals surface area contributed by atoms with Crippen molar-refractivity contribution in [3.63, 3.8) is 0 Å². The van der Waals surface area contributed by atoms with Crippen LogP contribution >= 0.6 is 34.4 Å². The zero-order valence-corrected chi connectivity index (χ0v) is 18.7. The van der Waals surface area contributed by atoms with Gasteiger partial charge in [-0.05, 0) is 13.8 Å². The van der Waals surface area contributed by atoms with Crippen molar-refractivity contribution < 1.29 is 19.2 Å². The van der Waals surface area contributed by atoms with Gasteiger partial charge in [0.1, 0.15) is 0 Å². The first-order valence-electron chi connectivity index (χ1n) is 8.81. The monoisotopic (exact) mass is 480 g/mol. The van der Waals surface area contributed by atoms with Crippen molar-refractivity contribution in [2.75, 3.05) is 17.2 Å². The molecule has 31 heavy (non-hydrogen) atoms. The fourth-order valence-electron chi connectivity index (χ4n) is 2.22. The number of rotatable bonds is 8. The number of anilines is 2. The maximum Gasteiger partial charge on any atom is 0.413 e. The van der Waals surface area contributed by atoms with E-state index in [1.807, 2.05) is 0 Å². The number of nitro groups is 1. The van der Waals surface area contributed by atoms with E-state index < -0.39 is 16.3 Å². The minimum atomic E-state index is -0.621. The zero-order chi connectivity index (χ0) is 22.4. The molecular weight excluding hydrogens is 464 g/mol. The third-order valence-electron chi connectivity index (χ3n) is 3.62. The second-order valence-corrected chi connectivity index (χ2v) is 9.24. The number of hydrogen-bond acceptors (Lipinski definition) is 11. The number of carbonyl (C=O) groups excluding carboxylic acids is 2. The molecule has 3 rings (SSSR count). The number of carbonyl (C=O) groups is 2. The Labute approximate surface area is 188 Å². The van der Waals surface area contributed by atoms with E-state index in [4.69, 9.17) is 4.74 Å². The van der Waals surface area contributed by atoms with E-state index in [1.54, 1.807) is 31.4 Å². The zero-order valence-electron chi connectivity index (χ0n) is 16.2. The van der Waals surface area contributed by atoms with Gasteiger partial charge in [0.2, 0.25) is 11.0 Å². The number of nitrogens with one attached hydrogen (secondary N) is 2. The van der Waals surface area contributed by atoms with E-state index in [2.05, 4.69) is 25.8 Å². The average molecular weight is 481 g/mol. The van der Waals surface area contributed by atoms with Crippen LogP contribution in [0.5, 0.6) is 0 Å². The van der Waals surface area contributed by atoms with Crippen LogP contribution in [-0.4, -0.2) is 44.0 Å². The van der Waals surface area contributed by atoms with Crippen molar-refractivity contribution in [2.45, 2.75) is 23.4 Å². The van der Waals surface area contributed by atoms with Crippen LogP contribution in [-0.2, 0) is 9.53 Å². The number of benzene rings is 1. The highest BCUT2D eigenvalue weighted by molar-refractivity contribution is 8.02. The number of nitro benzene ring substituents is 1. The molecule has 0 bridgehead atoms. The molecule has 0 aliphatic rings. The van der Waals surface area contributed by atoms with Gasteiger partial charge in [0.25, 0.3) is 5.69 Å². The average Bonchev–Trinajstić information content (AvgIpc) is 3.37. The Balaban J connectivity index is 1.58. The summed E-state index contributed by atoms with van der Waals surface area (Å²) in [6.45, 7) is 3.63. The largest absolute Gasteiger partial charge is 0.450 e.